The van der Waals surface area contributed by atoms with Crippen LogP contribution in [0.25, 0.3) is 0 Å². The smallest absolute Gasteiger partial charge is 0.123 e. The van der Waals surface area contributed by atoms with E-state index in [4.69, 9.17) is 0 Å². The van der Waals surface area contributed by atoms with E-state index in [1.807, 2.05) is 18.2 Å². The molecule has 1 aliphatic carbocycles. The van der Waals surface area contributed by atoms with Crippen molar-refractivity contribution < 1.29 is 8.78 Å². The van der Waals surface area contributed by atoms with E-state index in [0.29, 0.717) is 12.1 Å². The van der Waals surface area contributed by atoms with Crippen LogP contribution in [0, 0.1) is 11.6 Å². The monoisotopic (exact) mass is 356 g/mol. The standard InChI is InChI=1S/C22H26F2N2/c1-14(2)26-10-9-25-13-22(26)21-12-19(15-3-5-16(23)6-4-15)18-8-7-17(24)11-20(18)21/h3-8,11,14,19,21-22,25H,9-10,12-13H2,1-2H3. The topological polar surface area (TPSA) is 15.3 Å². The average Bonchev–Trinajstić information content (AvgIpc) is 3.01. The molecule has 2 aromatic rings. The molecule has 2 aliphatic rings. The van der Waals surface area contributed by atoms with Gasteiger partial charge in [-0.3, -0.25) is 4.90 Å². The van der Waals surface area contributed by atoms with Crippen LogP contribution in [0.15, 0.2) is 42.5 Å². The van der Waals surface area contributed by atoms with Crippen LogP contribution < -0.4 is 5.32 Å². The maximum Gasteiger partial charge on any atom is 0.123 e. The van der Waals surface area contributed by atoms with Crippen LogP contribution in [0.4, 0.5) is 8.78 Å². The summed E-state index contributed by atoms with van der Waals surface area (Å²) < 4.78 is 27.4. The summed E-state index contributed by atoms with van der Waals surface area (Å²) in [5.41, 5.74) is 3.43. The fraction of sp³-hybridized carbons (Fsp3) is 0.455. The van der Waals surface area contributed by atoms with Crippen LogP contribution in [0.5, 0.6) is 0 Å². The molecule has 0 saturated carbocycles. The first-order valence-corrected chi connectivity index (χ1v) is 9.56. The molecule has 0 radical (unpaired) electrons. The molecule has 0 amide bonds. The van der Waals surface area contributed by atoms with Crippen molar-refractivity contribution in [1.82, 2.24) is 10.2 Å². The molecule has 0 spiro atoms. The molecule has 2 aromatic carbocycles. The molecule has 138 valence electrons. The third-order valence-electron chi connectivity index (χ3n) is 6.04. The molecule has 2 nitrogen and oxygen atoms in total. The highest BCUT2D eigenvalue weighted by Crippen LogP contribution is 2.48. The molecule has 1 aliphatic heterocycles. The summed E-state index contributed by atoms with van der Waals surface area (Å²) in [6.45, 7) is 7.41. The van der Waals surface area contributed by atoms with E-state index < -0.39 is 0 Å². The first-order valence-electron chi connectivity index (χ1n) is 9.56. The molecule has 26 heavy (non-hydrogen) atoms. The number of piperazine rings is 1. The number of fused-ring (bicyclic) bond motifs is 1. The first kappa shape index (κ1) is 17.6. The Morgan fingerprint density at radius 1 is 1.00 bits per heavy atom. The van der Waals surface area contributed by atoms with Crippen LogP contribution in [-0.2, 0) is 0 Å². The zero-order valence-electron chi connectivity index (χ0n) is 15.4. The molecule has 3 unspecified atom stereocenters. The molecule has 1 N–H and O–H groups in total. The highest BCUT2D eigenvalue weighted by atomic mass is 19.1. The Balaban J connectivity index is 1.73. The number of nitrogens with zero attached hydrogens (tertiary/aromatic N) is 1. The summed E-state index contributed by atoms with van der Waals surface area (Å²) >= 11 is 0. The van der Waals surface area contributed by atoms with Gasteiger partial charge in [0.25, 0.3) is 0 Å². The van der Waals surface area contributed by atoms with Gasteiger partial charge in [-0.25, -0.2) is 8.78 Å². The van der Waals surface area contributed by atoms with Gasteiger partial charge in [-0.2, -0.15) is 0 Å². The Labute approximate surface area is 154 Å². The summed E-state index contributed by atoms with van der Waals surface area (Å²) in [4.78, 5) is 2.54. The minimum atomic E-state index is -0.218. The molecule has 1 heterocycles. The van der Waals surface area contributed by atoms with Crippen LogP contribution in [0.2, 0.25) is 0 Å². The van der Waals surface area contributed by atoms with Gasteiger partial charge in [0, 0.05) is 43.6 Å². The normalized spacial score (nSPS) is 26.3. The summed E-state index contributed by atoms with van der Waals surface area (Å²) in [5.74, 6) is 0.0940. The van der Waals surface area contributed by atoms with Crippen molar-refractivity contribution in [2.75, 3.05) is 19.6 Å². The van der Waals surface area contributed by atoms with Crippen LogP contribution >= 0.6 is 0 Å². The third-order valence-corrected chi connectivity index (χ3v) is 6.04. The van der Waals surface area contributed by atoms with Crippen molar-refractivity contribution in [2.45, 2.75) is 44.2 Å². The second kappa shape index (κ2) is 7.09. The molecule has 4 heteroatoms. The molecule has 0 bridgehead atoms. The van der Waals surface area contributed by atoms with Gasteiger partial charge >= 0.3 is 0 Å². The van der Waals surface area contributed by atoms with Gasteiger partial charge in [0.15, 0.2) is 0 Å². The SMILES string of the molecule is CC(C)N1CCNCC1C1CC(c2ccc(F)cc2)c2ccc(F)cc21. The summed E-state index contributed by atoms with van der Waals surface area (Å²) in [5, 5.41) is 3.52. The molecular formula is C22H26F2N2. The molecule has 1 fully saturated rings. The number of nitrogens with one attached hydrogen (secondary N) is 1. The van der Waals surface area contributed by atoms with Crippen molar-refractivity contribution in [2.24, 2.45) is 0 Å². The van der Waals surface area contributed by atoms with Crippen molar-refractivity contribution in [3.63, 3.8) is 0 Å². The second-order valence-corrected chi connectivity index (χ2v) is 7.82. The maximum absolute atomic E-state index is 14.1. The number of hydrogen-bond acceptors (Lipinski definition) is 2. The van der Waals surface area contributed by atoms with Gasteiger partial charge in [-0.05, 0) is 61.2 Å². The van der Waals surface area contributed by atoms with Crippen molar-refractivity contribution in [1.29, 1.82) is 0 Å². The van der Waals surface area contributed by atoms with Gasteiger partial charge in [0.05, 0.1) is 0 Å². The fourth-order valence-corrected chi connectivity index (χ4v) is 4.82. The van der Waals surface area contributed by atoms with Gasteiger partial charge in [0.2, 0.25) is 0 Å². The predicted molar refractivity (Wildman–Crippen MR) is 101 cm³/mol. The quantitative estimate of drug-likeness (QED) is 0.884. The lowest BCUT2D eigenvalue weighted by Gasteiger charge is -2.42. The highest BCUT2D eigenvalue weighted by molar-refractivity contribution is 5.46. The lowest BCUT2D eigenvalue weighted by atomic mass is 9.88. The van der Waals surface area contributed by atoms with Gasteiger partial charge in [-0.1, -0.05) is 18.2 Å². The number of halogens is 2. The summed E-state index contributed by atoms with van der Waals surface area (Å²) in [6, 6.07) is 12.8. The molecular weight excluding hydrogens is 330 g/mol. The van der Waals surface area contributed by atoms with Crippen molar-refractivity contribution in [3.8, 4) is 0 Å². The first-order chi connectivity index (χ1) is 12.5. The molecule has 0 aromatic heterocycles. The Morgan fingerprint density at radius 2 is 1.73 bits per heavy atom. The third kappa shape index (κ3) is 3.17. The van der Waals surface area contributed by atoms with E-state index >= 15 is 0 Å². The van der Waals surface area contributed by atoms with Crippen LogP contribution in [-0.4, -0.2) is 36.6 Å². The predicted octanol–water partition coefficient (Wildman–Crippen LogP) is 4.27. The van der Waals surface area contributed by atoms with Gasteiger partial charge < -0.3 is 5.32 Å². The Kier molecular flexibility index (Phi) is 4.80. The van der Waals surface area contributed by atoms with Crippen molar-refractivity contribution in [3.05, 3.63) is 70.8 Å². The van der Waals surface area contributed by atoms with Gasteiger partial charge in [0.1, 0.15) is 11.6 Å². The van der Waals surface area contributed by atoms with Crippen molar-refractivity contribution >= 4 is 0 Å². The van der Waals surface area contributed by atoms with E-state index in [1.54, 1.807) is 12.1 Å². The fourth-order valence-electron chi connectivity index (χ4n) is 4.82. The minimum absolute atomic E-state index is 0.173. The molecule has 3 atom stereocenters. The van der Waals surface area contributed by atoms with E-state index in [2.05, 4.69) is 24.1 Å². The number of hydrogen-bond donors (Lipinski definition) is 1. The largest absolute Gasteiger partial charge is 0.314 e. The summed E-state index contributed by atoms with van der Waals surface area (Å²) in [6.07, 6.45) is 0.944. The lowest BCUT2D eigenvalue weighted by molar-refractivity contribution is 0.103. The molecule has 4 rings (SSSR count). The minimum Gasteiger partial charge on any atom is -0.314 e. The van der Waals surface area contributed by atoms with Crippen LogP contribution in [0.3, 0.4) is 0 Å². The van der Waals surface area contributed by atoms with E-state index in [9.17, 15) is 8.78 Å². The second-order valence-electron chi connectivity index (χ2n) is 7.82. The lowest BCUT2D eigenvalue weighted by Crippen LogP contribution is -2.55. The summed E-state index contributed by atoms with van der Waals surface area (Å²) in [7, 11) is 0. The number of benzene rings is 2. The Hall–Kier alpha value is -1.78. The van der Waals surface area contributed by atoms with Crippen LogP contribution in [0.1, 0.15) is 48.8 Å². The Bertz CT molecular complexity index is 772. The average molecular weight is 356 g/mol. The van der Waals surface area contributed by atoms with E-state index in [0.717, 1.165) is 37.2 Å². The maximum atomic E-state index is 14.1. The molecule has 1 saturated heterocycles. The van der Waals surface area contributed by atoms with E-state index in [-0.39, 0.29) is 23.5 Å². The van der Waals surface area contributed by atoms with Gasteiger partial charge in [-0.15, -0.1) is 0 Å². The Morgan fingerprint density at radius 3 is 2.46 bits per heavy atom. The van der Waals surface area contributed by atoms with E-state index in [1.165, 1.54) is 17.7 Å². The number of rotatable bonds is 3. The zero-order valence-corrected chi connectivity index (χ0v) is 15.4. The zero-order chi connectivity index (χ0) is 18.3. The highest BCUT2D eigenvalue weighted by Gasteiger charge is 2.40.